The maximum atomic E-state index is 11.8. The number of likely N-dealkylation sites (tertiary alicyclic amines) is 1. The zero-order chi connectivity index (χ0) is 14.5. The van der Waals surface area contributed by atoms with E-state index in [-0.39, 0.29) is 25.0 Å². The lowest BCUT2D eigenvalue weighted by Crippen LogP contribution is -2.57. The number of fused-ring (bicyclic) bond motifs is 1. The zero-order valence-electron chi connectivity index (χ0n) is 11.5. The third-order valence-corrected chi connectivity index (χ3v) is 4.48. The molecule has 110 valence electrons. The van der Waals surface area contributed by atoms with Gasteiger partial charge in [-0.2, -0.15) is 5.26 Å². The van der Waals surface area contributed by atoms with Crippen molar-refractivity contribution in [2.45, 2.75) is 50.6 Å². The summed E-state index contributed by atoms with van der Waals surface area (Å²) in [6.07, 6.45) is 5.96. The Morgan fingerprint density at radius 3 is 2.70 bits per heavy atom. The molecule has 0 bridgehead atoms. The Kier molecular flexibility index (Phi) is 4.96. The van der Waals surface area contributed by atoms with Crippen LogP contribution in [0.4, 0.5) is 0 Å². The van der Waals surface area contributed by atoms with Gasteiger partial charge >= 0.3 is 5.97 Å². The largest absolute Gasteiger partial charge is 0.480 e. The van der Waals surface area contributed by atoms with Crippen molar-refractivity contribution in [3.05, 3.63) is 0 Å². The van der Waals surface area contributed by atoms with E-state index < -0.39 is 12.0 Å². The van der Waals surface area contributed by atoms with Gasteiger partial charge in [0.25, 0.3) is 0 Å². The number of carbonyl (C=O) groups excluding carboxylic acids is 1. The number of rotatable bonds is 4. The van der Waals surface area contributed by atoms with Crippen LogP contribution in [0.25, 0.3) is 0 Å². The average molecular weight is 279 g/mol. The van der Waals surface area contributed by atoms with Crippen LogP contribution >= 0.6 is 0 Å². The summed E-state index contributed by atoms with van der Waals surface area (Å²) in [5.41, 5.74) is 0. The highest BCUT2D eigenvalue weighted by atomic mass is 16.4. The average Bonchev–Trinajstić information content (AvgIpc) is 2.45. The van der Waals surface area contributed by atoms with Crippen LogP contribution in [0.3, 0.4) is 0 Å². The number of carboxylic acids is 1. The summed E-state index contributed by atoms with van der Waals surface area (Å²) in [6, 6.07) is 1.49. The summed E-state index contributed by atoms with van der Waals surface area (Å²) in [5, 5.41) is 20.3. The molecule has 2 rings (SSSR count). The molecule has 1 aliphatic carbocycles. The molecule has 0 spiro atoms. The first-order valence-electron chi connectivity index (χ1n) is 7.25. The van der Waals surface area contributed by atoms with Gasteiger partial charge in [0.05, 0.1) is 12.6 Å². The van der Waals surface area contributed by atoms with Gasteiger partial charge in [-0.25, -0.2) is 0 Å². The van der Waals surface area contributed by atoms with Crippen molar-refractivity contribution in [3.63, 3.8) is 0 Å². The Morgan fingerprint density at radius 1 is 1.25 bits per heavy atom. The molecule has 3 unspecified atom stereocenters. The van der Waals surface area contributed by atoms with Crippen molar-refractivity contribution in [3.8, 4) is 6.07 Å². The molecule has 2 N–H and O–H groups in total. The molecule has 0 aromatic carbocycles. The van der Waals surface area contributed by atoms with E-state index in [0.717, 1.165) is 25.7 Å². The molecule has 3 atom stereocenters. The Hall–Kier alpha value is -1.61. The van der Waals surface area contributed by atoms with Crippen molar-refractivity contribution < 1.29 is 14.7 Å². The van der Waals surface area contributed by atoms with Crippen molar-refractivity contribution in [1.29, 1.82) is 5.26 Å². The van der Waals surface area contributed by atoms with Gasteiger partial charge in [0.15, 0.2) is 0 Å². The van der Waals surface area contributed by atoms with Crippen molar-refractivity contribution in [2.24, 2.45) is 5.92 Å². The minimum atomic E-state index is -0.845. The molecule has 2 fully saturated rings. The van der Waals surface area contributed by atoms with Crippen LogP contribution in [0.2, 0.25) is 0 Å². The van der Waals surface area contributed by atoms with Gasteiger partial charge in [-0.05, 0) is 31.6 Å². The molecule has 1 saturated carbocycles. The lowest BCUT2D eigenvalue weighted by Gasteiger charge is -2.46. The second kappa shape index (κ2) is 6.71. The van der Waals surface area contributed by atoms with E-state index >= 15 is 0 Å². The molecule has 1 heterocycles. The molecule has 0 radical (unpaired) electrons. The van der Waals surface area contributed by atoms with Crippen LogP contribution in [-0.4, -0.2) is 47.1 Å². The van der Waals surface area contributed by atoms with E-state index in [4.69, 9.17) is 5.26 Å². The first-order valence-corrected chi connectivity index (χ1v) is 7.25. The first-order chi connectivity index (χ1) is 9.63. The first kappa shape index (κ1) is 14.8. The third-order valence-electron chi connectivity index (χ3n) is 4.48. The van der Waals surface area contributed by atoms with E-state index in [0.29, 0.717) is 12.3 Å². The van der Waals surface area contributed by atoms with Gasteiger partial charge in [-0.15, -0.1) is 0 Å². The van der Waals surface area contributed by atoms with Gasteiger partial charge < -0.3 is 10.4 Å². The molecule has 6 heteroatoms. The normalized spacial score (nSPS) is 30.1. The number of hydrogen-bond donors (Lipinski definition) is 2. The molecule has 0 aromatic rings. The fourth-order valence-electron chi connectivity index (χ4n) is 3.58. The van der Waals surface area contributed by atoms with Crippen LogP contribution in [0, 0.1) is 17.2 Å². The monoisotopic (exact) mass is 279 g/mol. The van der Waals surface area contributed by atoms with Crippen molar-refractivity contribution >= 4 is 11.9 Å². The standard InChI is InChI=1S/C14H21N3O3/c15-7-8-16-13(18)9-17-11-4-2-1-3-10(11)5-6-12(17)14(19)20/h10-12H,1-6,8-9H2,(H,16,18)(H,19,20). The number of hydrogen-bond acceptors (Lipinski definition) is 4. The van der Waals surface area contributed by atoms with E-state index in [9.17, 15) is 14.7 Å². The molecular formula is C14H21N3O3. The summed E-state index contributed by atoms with van der Waals surface area (Å²) >= 11 is 0. The van der Waals surface area contributed by atoms with Crippen LogP contribution in [0.15, 0.2) is 0 Å². The number of nitrogens with one attached hydrogen (secondary N) is 1. The van der Waals surface area contributed by atoms with E-state index in [1.165, 1.54) is 6.42 Å². The number of nitriles is 1. The lowest BCUT2D eigenvalue weighted by atomic mass is 9.76. The fourth-order valence-corrected chi connectivity index (χ4v) is 3.58. The Balaban J connectivity index is 2.07. The highest BCUT2D eigenvalue weighted by Gasteiger charge is 2.41. The predicted octanol–water partition coefficient (Wildman–Crippen LogP) is 0.734. The number of amides is 1. The fraction of sp³-hybridized carbons (Fsp3) is 0.786. The SMILES string of the molecule is N#CCNC(=O)CN1C(C(=O)O)CCC2CCCCC21. The van der Waals surface area contributed by atoms with E-state index in [1.54, 1.807) is 0 Å². The Labute approximate surface area is 118 Å². The lowest BCUT2D eigenvalue weighted by molar-refractivity contribution is -0.149. The number of carboxylic acid groups (broad SMARTS) is 1. The highest BCUT2D eigenvalue weighted by Crippen LogP contribution is 2.37. The predicted molar refractivity (Wildman–Crippen MR) is 71.7 cm³/mol. The van der Waals surface area contributed by atoms with Gasteiger partial charge in [-0.1, -0.05) is 12.8 Å². The van der Waals surface area contributed by atoms with Gasteiger partial charge in [0.2, 0.25) is 5.91 Å². The molecule has 20 heavy (non-hydrogen) atoms. The molecule has 1 aliphatic heterocycles. The second-order valence-corrected chi connectivity index (χ2v) is 5.65. The van der Waals surface area contributed by atoms with Gasteiger partial charge in [0.1, 0.15) is 12.6 Å². The third kappa shape index (κ3) is 3.28. The Bertz CT molecular complexity index is 418. The quantitative estimate of drug-likeness (QED) is 0.740. The summed E-state index contributed by atoms with van der Waals surface area (Å²) in [4.78, 5) is 25.1. The van der Waals surface area contributed by atoms with Crippen molar-refractivity contribution in [1.82, 2.24) is 10.2 Å². The number of carbonyl (C=O) groups is 2. The Morgan fingerprint density at radius 2 is 2.00 bits per heavy atom. The van der Waals surface area contributed by atoms with Crippen LogP contribution in [0.5, 0.6) is 0 Å². The molecule has 1 saturated heterocycles. The van der Waals surface area contributed by atoms with E-state index in [2.05, 4.69) is 5.32 Å². The topological polar surface area (TPSA) is 93.4 Å². The number of piperidine rings is 1. The maximum Gasteiger partial charge on any atom is 0.320 e. The van der Waals surface area contributed by atoms with Crippen LogP contribution < -0.4 is 5.32 Å². The summed E-state index contributed by atoms with van der Waals surface area (Å²) < 4.78 is 0. The van der Waals surface area contributed by atoms with Gasteiger partial charge in [-0.3, -0.25) is 14.5 Å². The summed E-state index contributed by atoms with van der Waals surface area (Å²) in [7, 11) is 0. The number of nitrogens with zero attached hydrogens (tertiary/aromatic N) is 2. The maximum absolute atomic E-state index is 11.8. The van der Waals surface area contributed by atoms with Crippen molar-refractivity contribution in [2.75, 3.05) is 13.1 Å². The molecule has 1 amide bonds. The van der Waals surface area contributed by atoms with E-state index in [1.807, 2.05) is 11.0 Å². The summed E-state index contributed by atoms with van der Waals surface area (Å²) in [5.74, 6) is -0.589. The minimum Gasteiger partial charge on any atom is -0.480 e. The summed E-state index contributed by atoms with van der Waals surface area (Å²) in [6.45, 7) is 0.0539. The minimum absolute atomic E-state index is 0.0293. The van der Waals surface area contributed by atoms with Crippen LogP contribution in [0.1, 0.15) is 38.5 Å². The second-order valence-electron chi connectivity index (χ2n) is 5.65. The molecule has 6 nitrogen and oxygen atoms in total. The molecule has 0 aromatic heterocycles. The van der Waals surface area contributed by atoms with Gasteiger partial charge in [0, 0.05) is 6.04 Å². The number of aliphatic carboxylic acids is 1. The highest BCUT2D eigenvalue weighted by molar-refractivity contribution is 5.80. The molecule has 2 aliphatic rings. The molecular weight excluding hydrogens is 258 g/mol. The zero-order valence-corrected chi connectivity index (χ0v) is 11.5. The van der Waals surface area contributed by atoms with Crippen LogP contribution in [-0.2, 0) is 9.59 Å². The smallest absolute Gasteiger partial charge is 0.320 e.